The van der Waals surface area contributed by atoms with E-state index in [4.69, 9.17) is 4.42 Å². The lowest BCUT2D eigenvalue weighted by molar-refractivity contribution is 0.549. The van der Waals surface area contributed by atoms with Crippen LogP contribution in [0.2, 0.25) is 19.6 Å². The third-order valence-corrected chi connectivity index (χ3v) is 6.28. The minimum atomic E-state index is -1.29. The molecule has 0 bridgehead atoms. The van der Waals surface area contributed by atoms with Crippen LogP contribution in [0.25, 0.3) is 0 Å². The fraction of sp³-hybridized carbons (Fsp3) is 0.800. The number of unbranched alkanes of at least 4 members (excludes halogenated alkanes) is 10. The summed E-state index contributed by atoms with van der Waals surface area (Å²) in [7, 11) is -1.29. The Morgan fingerprint density at radius 2 is 1.27 bits per heavy atom. The molecule has 0 saturated heterocycles. The maximum absolute atomic E-state index is 5.74. The molecule has 0 unspecified atom stereocenters. The molecule has 0 aromatic carbocycles. The molecule has 2 heteroatoms. The fourth-order valence-corrected chi connectivity index (χ4v) is 4.76. The van der Waals surface area contributed by atoms with E-state index in [0.29, 0.717) is 0 Å². The lowest BCUT2D eigenvalue weighted by Gasteiger charge is -2.14. The predicted molar refractivity (Wildman–Crippen MR) is 102 cm³/mol. The van der Waals surface area contributed by atoms with Crippen molar-refractivity contribution in [1.82, 2.24) is 0 Å². The molecule has 0 amide bonds. The van der Waals surface area contributed by atoms with Gasteiger partial charge in [0.15, 0.2) is 0 Å². The second-order valence-corrected chi connectivity index (χ2v) is 12.8. The van der Waals surface area contributed by atoms with Crippen LogP contribution in [0.1, 0.15) is 83.1 Å². The van der Waals surface area contributed by atoms with Gasteiger partial charge in [-0.1, -0.05) is 90.8 Å². The average Bonchev–Trinajstić information content (AvgIpc) is 2.93. The fourth-order valence-electron chi connectivity index (χ4n) is 3.17. The van der Waals surface area contributed by atoms with Gasteiger partial charge in [0.05, 0.1) is 11.6 Å². The van der Waals surface area contributed by atoms with E-state index in [0.717, 1.165) is 0 Å². The number of rotatable bonds is 13. The molecule has 128 valence electrons. The smallest absolute Gasteiger partial charge is 0.123 e. The summed E-state index contributed by atoms with van der Waals surface area (Å²) < 4.78 is 5.74. The van der Waals surface area contributed by atoms with Crippen LogP contribution in [-0.2, 0) is 6.42 Å². The van der Waals surface area contributed by atoms with Crippen molar-refractivity contribution in [3.63, 3.8) is 0 Å². The van der Waals surface area contributed by atoms with Crippen LogP contribution in [0.15, 0.2) is 16.7 Å². The topological polar surface area (TPSA) is 13.1 Å². The van der Waals surface area contributed by atoms with E-state index in [-0.39, 0.29) is 0 Å². The molecule has 0 aliphatic rings. The van der Waals surface area contributed by atoms with Gasteiger partial charge in [0.1, 0.15) is 8.07 Å². The monoisotopic (exact) mass is 322 g/mol. The third kappa shape index (κ3) is 8.21. The van der Waals surface area contributed by atoms with E-state index < -0.39 is 8.07 Å². The molecule has 1 rings (SSSR count). The highest BCUT2D eigenvalue weighted by Crippen LogP contribution is 2.14. The molecule has 0 atom stereocenters. The highest BCUT2D eigenvalue weighted by molar-refractivity contribution is 6.88. The molecule has 1 nitrogen and oxygen atoms in total. The van der Waals surface area contributed by atoms with Crippen molar-refractivity contribution in [3.05, 3.63) is 17.9 Å². The predicted octanol–water partition coefficient (Wildman–Crippen LogP) is 6.68. The molecule has 0 aliphatic carbocycles. The Bertz CT molecular complexity index is 375. The second-order valence-electron chi connectivity index (χ2n) is 7.81. The van der Waals surface area contributed by atoms with Crippen molar-refractivity contribution in [2.24, 2.45) is 0 Å². The van der Waals surface area contributed by atoms with Crippen molar-refractivity contribution in [2.45, 2.75) is 104 Å². The van der Waals surface area contributed by atoms with Crippen molar-refractivity contribution in [2.75, 3.05) is 0 Å². The standard InChI is InChI=1S/C20H38OSi/c1-5-6-7-8-9-10-11-12-13-14-15-16-19-17-18-21-20(19)22(2,3)4/h17-18H,5-16H2,1-4H3. The SMILES string of the molecule is CCCCCCCCCCCCCc1ccoc1[Si](C)(C)C. The molecule has 0 radical (unpaired) electrons. The van der Waals surface area contributed by atoms with Gasteiger partial charge in [-0.05, 0) is 24.5 Å². The van der Waals surface area contributed by atoms with Gasteiger partial charge >= 0.3 is 0 Å². The van der Waals surface area contributed by atoms with Gasteiger partial charge in [0.25, 0.3) is 0 Å². The lowest BCUT2D eigenvalue weighted by atomic mass is 10.0. The molecular weight excluding hydrogens is 284 g/mol. The molecule has 0 saturated carbocycles. The Morgan fingerprint density at radius 3 is 1.77 bits per heavy atom. The number of aryl methyl sites for hydroxylation is 1. The summed E-state index contributed by atoms with van der Waals surface area (Å²) >= 11 is 0. The van der Waals surface area contributed by atoms with E-state index in [1.54, 1.807) is 0 Å². The second kappa shape index (κ2) is 11.1. The van der Waals surface area contributed by atoms with Crippen LogP contribution in [0, 0.1) is 0 Å². The van der Waals surface area contributed by atoms with E-state index in [9.17, 15) is 0 Å². The van der Waals surface area contributed by atoms with Crippen molar-refractivity contribution < 1.29 is 4.42 Å². The van der Waals surface area contributed by atoms with Gasteiger partial charge in [-0.3, -0.25) is 0 Å². The first kappa shape index (κ1) is 19.5. The minimum Gasteiger partial charge on any atom is -0.474 e. The number of hydrogen-bond donors (Lipinski definition) is 0. The molecule has 1 aromatic rings. The number of hydrogen-bond acceptors (Lipinski definition) is 1. The summed E-state index contributed by atoms with van der Waals surface area (Å²) in [5.41, 5.74) is 1.48. The summed E-state index contributed by atoms with van der Waals surface area (Å²) in [6.07, 6.45) is 18.7. The Balaban J connectivity index is 1.99. The maximum atomic E-state index is 5.74. The van der Waals surface area contributed by atoms with Gasteiger partial charge < -0.3 is 4.42 Å². The van der Waals surface area contributed by atoms with Crippen LogP contribution in [-0.4, -0.2) is 8.07 Å². The molecule has 0 N–H and O–H groups in total. The first-order chi connectivity index (χ1) is 10.6. The first-order valence-electron chi connectivity index (χ1n) is 9.62. The molecule has 22 heavy (non-hydrogen) atoms. The van der Waals surface area contributed by atoms with Gasteiger partial charge in [0, 0.05) is 0 Å². The molecule has 0 fully saturated rings. The number of furan rings is 1. The largest absolute Gasteiger partial charge is 0.474 e. The van der Waals surface area contributed by atoms with Crippen molar-refractivity contribution in [1.29, 1.82) is 0 Å². The highest BCUT2D eigenvalue weighted by atomic mass is 28.3. The van der Waals surface area contributed by atoms with Crippen LogP contribution < -0.4 is 5.38 Å². The van der Waals surface area contributed by atoms with Crippen LogP contribution in [0.3, 0.4) is 0 Å². The molecule has 0 spiro atoms. The van der Waals surface area contributed by atoms with Crippen LogP contribution in [0.4, 0.5) is 0 Å². The lowest BCUT2D eigenvalue weighted by Crippen LogP contribution is -2.38. The Hall–Kier alpha value is -0.503. The van der Waals surface area contributed by atoms with Gasteiger partial charge in [-0.2, -0.15) is 0 Å². The highest BCUT2D eigenvalue weighted by Gasteiger charge is 2.23. The van der Waals surface area contributed by atoms with E-state index in [1.807, 2.05) is 6.26 Å². The van der Waals surface area contributed by atoms with E-state index in [1.165, 1.54) is 88.0 Å². The quantitative estimate of drug-likeness (QED) is 0.292. The molecule has 0 aliphatic heterocycles. The average molecular weight is 323 g/mol. The van der Waals surface area contributed by atoms with Crippen molar-refractivity contribution in [3.8, 4) is 0 Å². The summed E-state index contributed by atoms with van der Waals surface area (Å²) in [6, 6.07) is 2.20. The first-order valence-corrected chi connectivity index (χ1v) is 13.1. The van der Waals surface area contributed by atoms with Gasteiger partial charge in [0.2, 0.25) is 0 Å². The van der Waals surface area contributed by atoms with E-state index in [2.05, 4.69) is 32.6 Å². The van der Waals surface area contributed by atoms with E-state index >= 15 is 0 Å². The Morgan fingerprint density at radius 1 is 0.773 bits per heavy atom. The van der Waals surface area contributed by atoms with Crippen LogP contribution >= 0.6 is 0 Å². The third-order valence-electron chi connectivity index (χ3n) is 4.48. The zero-order valence-electron chi connectivity index (χ0n) is 15.5. The Labute approximate surface area is 139 Å². The normalized spacial score (nSPS) is 12.0. The zero-order chi connectivity index (χ0) is 16.3. The molecule has 1 aromatic heterocycles. The van der Waals surface area contributed by atoms with Crippen LogP contribution in [0.5, 0.6) is 0 Å². The summed E-state index contributed by atoms with van der Waals surface area (Å²) in [4.78, 5) is 0. The zero-order valence-corrected chi connectivity index (χ0v) is 16.5. The van der Waals surface area contributed by atoms with Gasteiger partial charge in [-0.25, -0.2) is 0 Å². The summed E-state index contributed by atoms with van der Waals surface area (Å²) in [6.45, 7) is 9.40. The van der Waals surface area contributed by atoms with Crippen molar-refractivity contribution >= 4 is 13.5 Å². The molecular formula is C20H38OSi. The summed E-state index contributed by atoms with van der Waals surface area (Å²) in [5, 5.41) is 1.32. The maximum Gasteiger partial charge on any atom is 0.123 e. The summed E-state index contributed by atoms with van der Waals surface area (Å²) in [5.74, 6) is 0. The Kier molecular flexibility index (Phi) is 9.86. The minimum absolute atomic E-state index is 1.22. The van der Waals surface area contributed by atoms with Gasteiger partial charge in [-0.15, -0.1) is 0 Å². The molecule has 1 heterocycles.